The van der Waals surface area contributed by atoms with Crippen LogP contribution in [0.3, 0.4) is 0 Å². The first-order chi connectivity index (χ1) is 20.1. The average Bonchev–Trinajstić information content (AvgIpc) is 2.87. The smallest absolute Gasteiger partial charge is 0.253 e. The zero-order valence-electron chi connectivity index (χ0n) is 28.4. The van der Waals surface area contributed by atoms with E-state index in [2.05, 4.69) is 75.7 Å². The summed E-state index contributed by atoms with van der Waals surface area (Å²) in [6.07, 6.45) is 16.6. The van der Waals surface area contributed by atoms with E-state index >= 15 is 0 Å². The highest BCUT2D eigenvalue weighted by molar-refractivity contribution is 5.95. The molecule has 0 saturated heterocycles. The third-order valence-electron chi connectivity index (χ3n) is 6.82. The molecule has 0 bridgehead atoms. The van der Waals surface area contributed by atoms with Gasteiger partial charge in [0.25, 0.3) is 5.91 Å². The van der Waals surface area contributed by atoms with E-state index in [9.17, 15) is 19.5 Å². The summed E-state index contributed by atoms with van der Waals surface area (Å²) < 4.78 is 0. The molecule has 0 aliphatic carbocycles. The normalized spacial score (nSPS) is 13.4. The number of aliphatic hydroxyl groups is 1. The maximum Gasteiger partial charge on any atom is 0.253 e. The molecule has 0 fully saturated rings. The Labute approximate surface area is 261 Å². The number of nitrogens with one attached hydrogen (secondary N) is 3. The van der Waals surface area contributed by atoms with Crippen LogP contribution in [0.1, 0.15) is 114 Å². The lowest BCUT2D eigenvalue weighted by atomic mass is 9.93. The van der Waals surface area contributed by atoms with Gasteiger partial charge in [-0.15, -0.1) is 0 Å². The molecule has 4 N–H and O–H groups in total. The highest BCUT2D eigenvalue weighted by Gasteiger charge is 2.40. The van der Waals surface area contributed by atoms with Crippen LogP contribution in [0.15, 0.2) is 69.9 Å². The van der Waals surface area contributed by atoms with Gasteiger partial charge in [0.05, 0.1) is 12.8 Å². The van der Waals surface area contributed by atoms with Crippen LogP contribution in [0.25, 0.3) is 0 Å². The van der Waals surface area contributed by atoms with Crippen LogP contribution < -0.4 is 16.0 Å². The summed E-state index contributed by atoms with van der Waals surface area (Å²) in [5.41, 5.74) is 5.00. The van der Waals surface area contributed by atoms with Gasteiger partial charge in [0.2, 0.25) is 11.8 Å². The van der Waals surface area contributed by atoms with Crippen LogP contribution in [0.5, 0.6) is 0 Å². The number of rotatable bonds is 20. The van der Waals surface area contributed by atoms with Gasteiger partial charge in [-0.2, -0.15) is 0 Å². The Morgan fingerprint density at radius 3 is 1.12 bits per heavy atom. The van der Waals surface area contributed by atoms with Crippen LogP contribution in [0.4, 0.5) is 0 Å². The topological polar surface area (TPSA) is 108 Å². The molecule has 0 spiro atoms. The molecule has 0 radical (unpaired) electrons. The number of hydrogen-bond acceptors (Lipinski definition) is 4. The zero-order chi connectivity index (χ0) is 32.8. The first-order valence-electron chi connectivity index (χ1n) is 15.6. The van der Waals surface area contributed by atoms with E-state index in [0.717, 1.165) is 55.2 Å². The molecule has 7 heteroatoms. The third-order valence-corrected chi connectivity index (χ3v) is 6.82. The average molecular weight is 598 g/mol. The van der Waals surface area contributed by atoms with Gasteiger partial charge in [-0.25, -0.2) is 0 Å². The molecule has 0 aromatic heterocycles. The summed E-state index contributed by atoms with van der Waals surface area (Å²) in [6, 6.07) is 0. The monoisotopic (exact) mass is 597 g/mol. The Balaban J connectivity index is 5.33. The standard InChI is InChI=1S/C36H59N3O4/c1-27(2)13-10-16-30(7)19-22-37-33(40)25-36(43,35(42)39-24-21-32(9)18-12-15-29(5)6)26-34(41)38-23-20-31(8)17-11-14-28(3)4/h13-15,19-21,43H,10-12,16-18,22-26H2,1-9H3,(H,37,40)(H,38,41)(H,39,42). The lowest BCUT2D eigenvalue weighted by Crippen LogP contribution is -2.52. The molecular weight excluding hydrogens is 538 g/mol. The van der Waals surface area contributed by atoms with Crippen molar-refractivity contribution in [3.05, 3.63) is 69.9 Å². The first-order valence-corrected chi connectivity index (χ1v) is 15.6. The fourth-order valence-corrected chi connectivity index (χ4v) is 4.11. The van der Waals surface area contributed by atoms with Crippen molar-refractivity contribution in [2.45, 2.75) is 119 Å². The van der Waals surface area contributed by atoms with Gasteiger partial charge in [-0.3, -0.25) is 14.4 Å². The van der Waals surface area contributed by atoms with Gasteiger partial charge in [-0.1, -0.05) is 69.9 Å². The van der Waals surface area contributed by atoms with Crippen molar-refractivity contribution in [3.8, 4) is 0 Å². The Hall–Kier alpha value is -3.19. The summed E-state index contributed by atoms with van der Waals surface area (Å²) >= 11 is 0. The molecule has 43 heavy (non-hydrogen) atoms. The summed E-state index contributed by atoms with van der Waals surface area (Å²) in [7, 11) is 0. The molecule has 0 aromatic rings. The van der Waals surface area contributed by atoms with Crippen LogP contribution >= 0.6 is 0 Å². The quantitative estimate of drug-likeness (QED) is 0.114. The molecule has 0 unspecified atom stereocenters. The van der Waals surface area contributed by atoms with E-state index in [-0.39, 0.29) is 19.6 Å². The van der Waals surface area contributed by atoms with Crippen molar-refractivity contribution in [3.63, 3.8) is 0 Å². The third kappa shape index (κ3) is 22.1. The minimum atomic E-state index is -2.18. The highest BCUT2D eigenvalue weighted by Crippen LogP contribution is 2.17. The molecule has 0 atom stereocenters. The van der Waals surface area contributed by atoms with Crippen LogP contribution in [0, 0.1) is 0 Å². The van der Waals surface area contributed by atoms with E-state index in [1.54, 1.807) is 0 Å². The SMILES string of the molecule is CC(C)=CCCC(C)=CCNC(=O)CC(O)(CC(=O)NCC=C(C)CCC=C(C)C)C(=O)NCC=C(C)CCC=C(C)C. The second-order valence-electron chi connectivity index (χ2n) is 12.3. The molecule has 0 aliphatic heterocycles. The van der Waals surface area contributed by atoms with E-state index < -0.39 is 36.2 Å². The van der Waals surface area contributed by atoms with E-state index in [4.69, 9.17) is 0 Å². The second-order valence-corrected chi connectivity index (χ2v) is 12.3. The number of allylic oxidation sites excluding steroid dienone is 9. The second kappa shape index (κ2) is 22.4. The summed E-state index contributed by atoms with van der Waals surface area (Å²) in [5, 5.41) is 19.5. The van der Waals surface area contributed by atoms with Crippen molar-refractivity contribution in [2.24, 2.45) is 0 Å². The summed E-state index contributed by atoms with van der Waals surface area (Å²) in [5.74, 6) is -1.74. The summed E-state index contributed by atoms with van der Waals surface area (Å²) in [4.78, 5) is 38.7. The van der Waals surface area contributed by atoms with Crippen molar-refractivity contribution in [1.29, 1.82) is 0 Å². The van der Waals surface area contributed by atoms with Crippen LogP contribution in [0.2, 0.25) is 0 Å². The Kier molecular flexibility index (Phi) is 20.7. The molecule has 3 amide bonds. The van der Waals surface area contributed by atoms with Gasteiger partial charge in [0.1, 0.15) is 0 Å². The maximum atomic E-state index is 13.1. The molecular formula is C36H59N3O4. The molecule has 0 saturated carbocycles. The van der Waals surface area contributed by atoms with Gasteiger partial charge in [0, 0.05) is 19.6 Å². The first kappa shape index (κ1) is 39.8. The fourth-order valence-electron chi connectivity index (χ4n) is 4.11. The van der Waals surface area contributed by atoms with Crippen molar-refractivity contribution in [1.82, 2.24) is 16.0 Å². The molecule has 0 aromatic carbocycles. The number of carbonyl (C=O) groups is 3. The molecule has 7 nitrogen and oxygen atoms in total. The van der Waals surface area contributed by atoms with Gasteiger partial charge < -0.3 is 21.1 Å². The minimum absolute atomic E-state index is 0.201. The van der Waals surface area contributed by atoms with Crippen molar-refractivity contribution < 1.29 is 19.5 Å². The Morgan fingerprint density at radius 2 is 0.814 bits per heavy atom. The van der Waals surface area contributed by atoms with Crippen molar-refractivity contribution >= 4 is 17.7 Å². The van der Waals surface area contributed by atoms with Crippen LogP contribution in [-0.4, -0.2) is 48.1 Å². The maximum absolute atomic E-state index is 13.1. The predicted octanol–water partition coefficient (Wildman–Crippen LogP) is 6.92. The summed E-state index contributed by atoms with van der Waals surface area (Å²) in [6.45, 7) is 19.1. The minimum Gasteiger partial charge on any atom is -0.379 e. The Bertz CT molecular complexity index is 1020. The van der Waals surface area contributed by atoms with E-state index in [1.807, 2.05) is 39.0 Å². The Morgan fingerprint density at radius 1 is 0.512 bits per heavy atom. The molecule has 0 rings (SSSR count). The highest BCUT2D eigenvalue weighted by atomic mass is 16.3. The van der Waals surface area contributed by atoms with Crippen LogP contribution in [-0.2, 0) is 14.4 Å². The fraction of sp³-hybridized carbons (Fsp3) is 0.583. The molecule has 0 heterocycles. The van der Waals surface area contributed by atoms with E-state index in [0.29, 0.717) is 0 Å². The largest absolute Gasteiger partial charge is 0.379 e. The zero-order valence-corrected chi connectivity index (χ0v) is 28.4. The lowest BCUT2D eigenvalue weighted by molar-refractivity contribution is -0.149. The molecule has 242 valence electrons. The van der Waals surface area contributed by atoms with Gasteiger partial charge in [-0.05, 0) is 101 Å². The molecule has 0 aliphatic rings. The van der Waals surface area contributed by atoms with Gasteiger partial charge in [0.15, 0.2) is 5.60 Å². The van der Waals surface area contributed by atoms with Gasteiger partial charge >= 0.3 is 0 Å². The lowest BCUT2D eigenvalue weighted by Gasteiger charge is -2.25. The predicted molar refractivity (Wildman–Crippen MR) is 180 cm³/mol. The van der Waals surface area contributed by atoms with E-state index in [1.165, 1.54) is 16.7 Å². The number of carbonyl (C=O) groups excluding carboxylic acids is 3. The number of hydrogen-bond donors (Lipinski definition) is 4. The number of amides is 3. The van der Waals surface area contributed by atoms with Crippen molar-refractivity contribution in [2.75, 3.05) is 19.6 Å².